The molecule has 0 saturated carbocycles. The number of aromatic nitrogens is 4. The number of hydrogen-bond donors (Lipinski definition) is 2. The summed E-state index contributed by atoms with van der Waals surface area (Å²) >= 11 is 1.32. The highest BCUT2D eigenvalue weighted by Crippen LogP contribution is 2.26. The Kier molecular flexibility index (Phi) is 4.89. The van der Waals surface area contributed by atoms with Crippen LogP contribution in [0.5, 0.6) is 0 Å². The zero-order valence-corrected chi connectivity index (χ0v) is 17.2. The Morgan fingerprint density at radius 1 is 1.17 bits per heavy atom. The summed E-state index contributed by atoms with van der Waals surface area (Å²) in [6.07, 6.45) is 4.45. The quantitative estimate of drug-likeness (QED) is 0.523. The largest absolute Gasteiger partial charge is 0.386 e. The third-order valence-corrected chi connectivity index (χ3v) is 5.48. The Labute approximate surface area is 172 Å². The van der Waals surface area contributed by atoms with Crippen LogP contribution < -0.4 is 5.32 Å². The van der Waals surface area contributed by atoms with Crippen LogP contribution >= 0.6 is 11.3 Å². The van der Waals surface area contributed by atoms with E-state index < -0.39 is 5.60 Å². The predicted octanol–water partition coefficient (Wildman–Crippen LogP) is 3.92. The SMILES string of the molecule is CCc1nccn1-c1ccc2nc(NC(=O)c3ccc(C(C)(C)O)cc3)sc2n1. The van der Waals surface area contributed by atoms with Crippen LogP contribution in [0.3, 0.4) is 0 Å². The number of pyridine rings is 1. The van der Waals surface area contributed by atoms with Gasteiger partial charge in [0.25, 0.3) is 5.91 Å². The normalized spacial score (nSPS) is 11.7. The van der Waals surface area contributed by atoms with Crippen molar-refractivity contribution in [1.29, 1.82) is 0 Å². The van der Waals surface area contributed by atoms with Gasteiger partial charge in [-0.05, 0) is 43.7 Å². The first kappa shape index (κ1) is 19.2. The van der Waals surface area contributed by atoms with Crippen LogP contribution in [0.1, 0.15) is 42.5 Å². The summed E-state index contributed by atoms with van der Waals surface area (Å²) in [5.74, 6) is 1.45. The molecule has 29 heavy (non-hydrogen) atoms. The zero-order chi connectivity index (χ0) is 20.6. The van der Waals surface area contributed by atoms with E-state index in [1.807, 2.05) is 29.8 Å². The minimum atomic E-state index is -0.946. The molecule has 0 aliphatic heterocycles. The van der Waals surface area contributed by atoms with Crippen molar-refractivity contribution in [2.24, 2.45) is 0 Å². The molecule has 3 aromatic heterocycles. The molecule has 0 bridgehead atoms. The summed E-state index contributed by atoms with van der Waals surface area (Å²) in [6, 6.07) is 10.7. The fourth-order valence-corrected chi connectivity index (χ4v) is 3.83. The van der Waals surface area contributed by atoms with Crippen LogP contribution in [0, 0.1) is 0 Å². The smallest absolute Gasteiger partial charge is 0.257 e. The van der Waals surface area contributed by atoms with Crippen molar-refractivity contribution in [3.8, 4) is 5.82 Å². The van der Waals surface area contributed by atoms with E-state index in [9.17, 15) is 9.90 Å². The number of nitrogens with one attached hydrogen (secondary N) is 1. The second-order valence-corrected chi connectivity index (χ2v) is 8.15. The minimum Gasteiger partial charge on any atom is -0.386 e. The maximum atomic E-state index is 12.5. The molecule has 3 heterocycles. The number of thiazole rings is 1. The van der Waals surface area contributed by atoms with E-state index in [2.05, 4.69) is 20.3 Å². The van der Waals surface area contributed by atoms with E-state index in [1.165, 1.54) is 11.3 Å². The van der Waals surface area contributed by atoms with E-state index in [-0.39, 0.29) is 5.91 Å². The Morgan fingerprint density at radius 3 is 2.62 bits per heavy atom. The fourth-order valence-electron chi connectivity index (χ4n) is 3.00. The molecule has 0 aliphatic carbocycles. The number of anilines is 1. The average molecular weight is 407 g/mol. The Balaban J connectivity index is 1.56. The highest BCUT2D eigenvalue weighted by molar-refractivity contribution is 7.22. The zero-order valence-electron chi connectivity index (χ0n) is 16.4. The second kappa shape index (κ2) is 7.38. The van der Waals surface area contributed by atoms with Gasteiger partial charge in [0, 0.05) is 24.4 Å². The number of fused-ring (bicyclic) bond motifs is 1. The molecule has 0 spiro atoms. The van der Waals surface area contributed by atoms with E-state index in [1.54, 1.807) is 44.3 Å². The van der Waals surface area contributed by atoms with Crippen LogP contribution in [-0.4, -0.2) is 30.5 Å². The molecule has 0 aliphatic rings. The van der Waals surface area contributed by atoms with Crippen LogP contribution in [0.15, 0.2) is 48.8 Å². The van der Waals surface area contributed by atoms with Gasteiger partial charge >= 0.3 is 0 Å². The monoisotopic (exact) mass is 407 g/mol. The second-order valence-electron chi connectivity index (χ2n) is 7.17. The molecular weight excluding hydrogens is 386 g/mol. The summed E-state index contributed by atoms with van der Waals surface area (Å²) in [5, 5.41) is 13.4. The number of hydrogen-bond acceptors (Lipinski definition) is 6. The lowest BCUT2D eigenvalue weighted by Crippen LogP contribution is -2.16. The average Bonchev–Trinajstić information content (AvgIpc) is 3.32. The lowest BCUT2D eigenvalue weighted by molar-refractivity contribution is 0.0785. The number of carbonyl (C=O) groups is 1. The molecule has 4 rings (SSSR count). The van der Waals surface area contributed by atoms with Gasteiger partial charge in [-0.1, -0.05) is 30.4 Å². The molecule has 1 amide bonds. The van der Waals surface area contributed by atoms with Gasteiger partial charge in [0.1, 0.15) is 22.0 Å². The van der Waals surface area contributed by atoms with E-state index in [4.69, 9.17) is 0 Å². The van der Waals surface area contributed by atoms with Gasteiger partial charge in [0.15, 0.2) is 5.13 Å². The van der Waals surface area contributed by atoms with Gasteiger partial charge in [-0.25, -0.2) is 15.0 Å². The molecule has 1 aromatic carbocycles. The van der Waals surface area contributed by atoms with Crippen molar-refractivity contribution in [2.75, 3.05) is 5.32 Å². The molecule has 8 heteroatoms. The third kappa shape index (κ3) is 3.90. The van der Waals surface area contributed by atoms with Crippen molar-refractivity contribution >= 4 is 32.7 Å². The van der Waals surface area contributed by atoms with Gasteiger partial charge in [-0.15, -0.1) is 0 Å². The maximum Gasteiger partial charge on any atom is 0.257 e. The van der Waals surface area contributed by atoms with Gasteiger partial charge in [0.05, 0.1) is 5.60 Å². The number of amides is 1. The molecule has 0 saturated heterocycles. The molecule has 0 unspecified atom stereocenters. The highest BCUT2D eigenvalue weighted by Gasteiger charge is 2.17. The Morgan fingerprint density at radius 2 is 1.93 bits per heavy atom. The van der Waals surface area contributed by atoms with Crippen LogP contribution in [0.2, 0.25) is 0 Å². The molecule has 2 N–H and O–H groups in total. The van der Waals surface area contributed by atoms with Crippen molar-refractivity contribution in [3.63, 3.8) is 0 Å². The summed E-state index contributed by atoms with van der Waals surface area (Å²) in [5.41, 5.74) is 1.02. The Hall–Kier alpha value is -3.10. The van der Waals surface area contributed by atoms with Crippen LogP contribution in [0.4, 0.5) is 5.13 Å². The molecule has 148 valence electrons. The molecule has 0 fully saturated rings. The number of benzene rings is 1. The van der Waals surface area contributed by atoms with Crippen molar-refractivity contribution < 1.29 is 9.90 Å². The first-order chi connectivity index (χ1) is 13.8. The van der Waals surface area contributed by atoms with E-state index in [0.717, 1.165) is 34.0 Å². The number of aliphatic hydroxyl groups is 1. The number of carbonyl (C=O) groups excluding carboxylic acids is 1. The molecule has 0 atom stereocenters. The van der Waals surface area contributed by atoms with Gasteiger partial charge in [0.2, 0.25) is 0 Å². The van der Waals surface area contributed by atoms with Gasteiger partial charge in [-0.2, -0.15) is 0 Å². The maximum absolute atomic E-state index is 12.5. The van der Waals surface area contributed by atoms with Crippen molar-refractivity contribution in [2.45, 2.75) is 32.8 Å². The first-order valence-corrected chi connectivity index (χ1v) is 10.1. The topological polar surface area (TPSA) is 92.9 Å². The fraction of sp³-hybridized carbons (Fsp3) is 0.238. The van der Waals surface area contributed by atoms with Gasteiger partial charge in [-0.3, -0.25) is 14.7 Å². The predicted molar refractivity (Wildman–Crippen MR) is 114 cm³/mol. The highest BCUT2D eigenvalue weighted by atomic mass is 32.1. The summed E-state index contributed by atoms with van der Waals surface area (Å²) in [6.45, 7) is 5.46. The lowest BCUT2D eigenvalue weighted by atomic mass is 9.97. The van der Waals surface area contributed by atoms with Crippen molar-refractivity contribution in [1.82, 2.24) is 19.5 Å². The third-order valence-electron chi connectivity index (χ3n) is 4.60. The van der Waals surface area contributed by atoms with Crippen LogP contribution in [0.25, 0.3) is 16.2 Å². The minimum absolute atomic E-state index is 0.255. The number of imidazole rings is 1. The molecule has 4 aromatic rings. The van der Waals surface area contributed by atoms with Gasteiger partial charge < -0.3 is 5.11 Å². The lowest BCUT2D eigenvalue weighted by Gasteiger charge is -2.17. The first-order valence-electron chi connectivity index (χ1n) is 9.29. The number of nitrogens with zero attached hydrogens (tertiary/aromatic N) is 4. The van der Waals surface area contributed by atoms with E-state index in [0.29, 0.717) is 10.7 Å². The molecule has 0 radical (unpaired) electrons. The van der Waals surface area contributed by atoms with E-state index >= 15 is 0 Å². The molecule has 7 nitrogen and oxygen atoms in total. The number of rotatable bonds is 5. The summed E-state index contributed by atoms with van der Waals surface area (Å²) in [7, 11) is 0. The van der Waals surface area contributed by atoms with Crippen molar-refractivity contribution in [3.05, 3.63) is 65.7 Å². The standard InChI is InChI=1S/C21H21N5O2S/c1-4-16-22-11-12-26(16)17-10-9-15-19(24-17)29-20(23-15)25-18(27)13-5-7-14(8-6-13)21(2,3)28/h5-12,28H,4H2,1-3H3,(H,23,25,27). The van der Waals surface area contributed by atoms with Crippen LogP contribution in [-0.2, 0) is 12.0 Å². The summed E-state index contributed by atoms with van der Waals surface area (Å²) in [4.78, 5) is 26.7. The summed E-state index contributed by atoms with van der Waals surface area (Å²) < 4.78 is 1.95. The Bertz CT molecular complexity index is 1170. The molecular formula is C21H21N5O2S. The number of aryl methyl sites for hydroxylation is 1.